The molecule has 0 aromatic heterocycles. The Morgan fingerprint density at radius 1 is 0.818 bits per heavy atom. The Labute approximate surface area is 268 Å². The van der Waals surface area contributed by atoms with Crippen molar-refractivity contribution in [3.63, 3.8) is 0 Å². The van der Waals surface area contributed by atoms with E-state index in [9.17, 15) is 18.0 Å². The second kappa shape index (κ2) is 15.1. The van der Waals surface area contributed by atoms with Gasteiger partial charge in [-0.3, -0.25) is 13.9 Å². The molecule has 2 amide bonds. The lowest BCUT2D eigenvalue weighted by atomic mass is 10.0. The lowest BCUT2D eigenvalue weighted by Gasteiger charge is -2.33. The van der Waals surface area contributed by atoms with Gasteiger partial charge < -0.3 is 15.0 Å². The molecular formula is C33H33Cl2N3O5S. The Hall–Kier alpha value is -4.05. The second-order valence-corrected chi connectivity index (χ2v) is 12.6. The van der Waals surface area contributed by atoms with Gasteiger partial charge in [0.1, 0.15) is 18.3 Å². The number of carbonyl (C=O) groups is 2. The van der Waals surface area contributed by atoms with Gasteiger partial charge in [-0.1, -0.05) is 65.7 Å². The third kappa shape index (κ3) is 8.31. The number of hydrogen-bond donors (Lipinski definition) is 1. The summed E-state index contributed by atoms with van der Waals surface area (Å²) >= 11 is 12.1. The Bertz CT molecular complexity index is 1650. The number of rotatable bonds is 13. The number of carbonyl (C=O) groups excluding carboxylic acids is 2. The summed E-state index contributed by atoms with van der Waals surface area (Å²) in [6, 6.07) is 27.5. The number of likely N-dealkylation sites (N-methyl/N-ethyl adjacent to an activating group) is 1. The van der Waals surface area contributed by atoms with Gasteiger partial charge in [0.25, 0.3) is 10.0 Å². The molecule has 0 spiro atoms. The topological polar surface area (TPSA) is 96.0 Å². The fraction of sp³-hybridized carbons (Fsp3) is 0.212. The Morgan fingerprint density at radius 3 is 1.98 bits per heavy atom. The number of ether oxygens (including phenoxy) is 1. The number of anilines is 1. The maximum absolute atomic E-state index is 14.3. The smallest absolute Gasteiger partial charge is 0.264 e. The van der Waals surface area contributed by atoms with Gasteiger partial charge in [0.05, 0.1) is 17.2 Å². The zero-order valence-electron chi connectivity index (χ0n) is 24.3. The second-order valence-electron chi connectivity index (χ2n) is 9.86. The highest BCUT2D eigenvalue weighted by Crippen LogP contribution is 2.28. The molecule has 4 aromatic rings. The first-order chi connectivity index (χ1) is 21.1. The molecule has 1 N–H and O–H groups in total. The van der Waals surface area contributed by atoms with Gasteiger partial charge in [0.15, 0.2) is 0 Å². The average Bonchev–Trinajstić information content (AvgIpc) is 3.03. The van der Waals surface area contributed by atoms with E-state index in [1.807, 2.05) is 37.3 Å². The molecular weight excluding hydrogens is 621 g/mol. The number of amides is 2. The van der Waals surface area contributed by atoms with Crippen LogP contribution in [-0.2, 0) is 32.6 Å². The maximum Gasteiger partial charge on any atom is 0.264 e. The molecule has 44 heavy (non-hydrogen) atoms. The van der Waals surface area contributed by atoms with Gasteiger partial charge in [-0.05, 0) is 78.7 Å². The fourth-order valence-corrected chi connectivity index (χ4v) is 6.31. The van der Waals surface area contributed by atoms with E-state index in [1.165, 1.54) is 36.2 Å². The van der Waals surface area contributed by atoms with Crippen LogP contribution < -0.4 is 14.4 Å². The van der Waals surface area contributed by atoms with Crippen LogP contribution in [0.25, 0.3) is 0 Å². The fourth-order valence-electron chi connectivity index (χ4n) is 4.64. The lowest BCUT2D eigenvalue weighted by molar-refractivity contribution is -0.139. The van der Waals surface area contributed by atoms with E-state index in [-0.39, 0.29) is 29.5 Å². The predicted octanol–water partition coefficient (Wildman–Crippen LogP) is 5.97. The van der Waals surface area contributed by atoms with Crippen LogP contribution in [0.2, 0.25) is 10.0 Å². The summed E-state index contributed by atoms with van der Waals surface area (Å²) in [6.07, 6.45) is 0.215. The predicted molar refractivity (Wildman–Crippen MR) is 174 cm³/mol. The van der Waals surface area contributed by atoms with Crippen molar-refractivity contribution in [2.75, 3.05) is 24.5 Å². The monoisotopic (exact) mass is 653 g/mol. The van der Waals surface area contributed by atoms with Crippen LogP contribution >= 0.6 is 23.2 Å². The molecule has 11 heteroatoms. The number of hydrogen-bond acceptors (Lipinski definition) is 5. The summed E-state index contributed by atoms with van der Waals surface area (Å²) in [5.41, 5.74) is 1.81. The molecule has 0 radical (unpaired) electrons. The van der Waals surface area contributed by atoms with E-state index < -0.39 is 28.5 Å². The minimum Gasteiger partial charge on any atom is -0.494 e. The Balaban J connectivity index is 1.78. The van der Waals surface area contributed by atoms with Crippen LogP contribution in [-0.4, -0.2) is 51.4 Å². The van der Waals surface area contributed by atoms with Gasteiger partial charge in [-0.25, -0.2) is 8.42 Å². The van der Waals surface area contributed by atoms with Crippen LogP contribution in [0.1, 0.15) is 18.1 Å². The quantitative estimate of drug-likeness (QED) is 0.192. The molecule has 0 unspecified atom stereocenters. The third-order valence-corrected chi connectivity index (χ3v) is 9.19. The molecule has 0 aliphatic carbocycles. The molecule has 4 rings (SSSR count). The Kier molecular flexibility index (Phi) is 11.3. The molecule has 0 bridgehead atoms. The summed E-state index contributed by atoms with van der Waals surface area (Å²) in [7, 11) is -2.74. The minimum absolute atomic E-state index is 0.0407. The molecule has 0 saturated carbocycles. The van der Waals surface area contributed by atoms with Crippen molar-refractivity contribution >= 4 is 50.7 Å². The van der Waals surface area contributed by atoms with Gasteiger partial charge in [-0.2, -0.15) is 0 Å². The van der Waals surface area contributed by atoms with Gasteiger partial charge >= 0.3 is 0 Å². The zero-order chi connectivity index (χ0) is 31.7. The van der Waals surface area contributed by atoms with Crippen LogP contribution in [0, 0.1) is 0 Å². The molecule has 4 aromatic carbocycles. The average molecular weight is 655 g/mol. The first-order valence-electron chi connectivity index (χ1n) is 13.9. The molecule has 0 heterocycles. The summed E-state index contributed by atoms with van der Waals surface area (Å²) < 4.78 is 34.7. The van der Waals surface area contributed by atoms with E-state index in [4.69, 9.17) is 27.9 Å². The lowest BCUT2D eigenvalue weighted by Crippen LogP contribution is -2.53. The summed E-state index contributed by atoms with van der Waals surface area (Å²) in [5.74, 6) is -0.404. The van der Waals surface area contributed by atoms with Crippen LogP contribution in [0.5, 0.6) is 5.75 Å². The number of halogens is 2. The van der Waals surface area contributed by atoms with Crippen molar-refractivity contribution in [2.45, 2.75) is 30.8 Å². The molecule has 1 atom stereocenters. The Morgan fingerprint density at radius 2 is 1.41 bits per heavy atom. The minimum atomic E-state index is -4.25. The number of sulfonamides is 1. The van der Waals surface area contributed by atoms with E-state index in [0.29, 0.717) is 22.4 Å². The van der Waals surface area contributed by atoms with Gasteiger partial charge in [0.2, 0.25) is 11.8 Å². The van der Waals surface area contributed by atoms with E-state index >= 15 is 0 Å². The molecule has 0 aliphatic rings. The van der Waals surface area contributed by atoms with Crippen molar-refractivity contribution in [1.82, 2.24) is 10.2 Å². The highest BCUT2D eigenvalue weighted by Gasteiger charge is 2.34. The highest BCUT2D eigenvalue weighted by molar-refractivity contribution is 7.92. The van der Waals surface area contributed by atoms with Crippen molar-refractivity contribution in [2.24, 2.45) is 0 Å². The molecule has 0 saturated heterocycles. The first-order valence-corrected chi connectivity index (χ1v) is 16.1. The third-order valence-electron chi connectivity index (χ3n) is 6.90. The number of nitrogens with one attached hydrogen (secondary N) is 1. The molecule has 8 nitrogen and oxygen atoms in total. The van der Waals surface area contributed by atoms with Crippen LogP contribution in [0.15, 0.2) is 108 Å². The largest absolute Gasteiger partial charge is 0.494 e. The van der Waals surface area contributed by atoms with Gasteiger partial charge in [0, 0.05) is 30.1 Å². The molecule has 0 fully saturated rings. The number of benzene rings is 4. The molecule has 230 valence electrons. The summed E-state index contributed by atoms with van der Waals surface area (Å²) in [6.45, 7) is 1.75. The van der Waals surface area contributed by atoms with Crippen molar-refractivity contribution in [3.05, 3.63) is 124 Å². The van der Waals surface area contributed by atoms with Crippen molar-refractivity contribution < 1.29 is 22.7 Å². The standard InChI is InChI=1S/C33H33Cl2N3O5S/c1-3-43-29-17-15-28(16-18-29)38(44(41,42)30-19-13-27(35)14-20-30)23-32(39)37(22-25-9-11-26(34)12-10-25)31(33(40)36-2)21-24-7-5-4-6-8-24/h4-20,31H,3,21-23H2,1-2H3,(H,36,40)/t31-/m0/s1. The van der Waals surface area contributed by atoms with Crippen molar-refractivity contribution in [3.8, 4) is 5.75 Å². The van der Waals surface area contributed by atoms with Gasteiger partial charge in [-0.15, -0.1) is 0 Å². The van der Waals surface area contributed by atoms with Crippen LogP contribution in [0.3, 0.4) is 0 Å². The first kappa shape index (κ1) is 32.9. The molecule has 0 aliphatic heterocycles. The summed E-state index contributed by atoms with van der Waals surface area (Å²) in [4.78, 5) is 29.0. The number of nitrogens with zero attached hydrogens (tertiary/aromatic N) is 2. The van der Waals surface area contributed by atoms with E-state index in [2.05, 4.69) is 5.32 Å². The van der Waals surface area contributed by atoms with Crippen LogP contribution in [0.4, 0.5) is 5.69 Å². The maximum atomic E-state index is 14.3. The SMILES string of the molecule is CCOc1ccc(N(CC(=O)N(Cc2ccc(Cl)cc2)[C@@H](Cc2ccccc2)C(=O)NC)S(=O)(=O)c2ccc(Cl)cc2)cc1. The highest BCUT2D eigenvalue weighted by atomic mass is 35.5. The van der Waals surface area contributed by atoms with Crippen molar-refractivity contribution in [1.29, 1.82) is 0 Å². The normalized spacial score (nSPS) is 11.8. The van der Waals surface area contributed by atoms with E-state index in [0.717, 1.165) is 15.4 Å². The summed E-state index contributed by atoms with van der Waals surface area (Å²) in [5, 5.41) is 3.56. The van der Waals surface area contributed by atoms with E-state index in [1.54, 1.807) is 48.5 Å². The zero-order valence-corrected chi connectivity index (χ0v) is 26.6.